The van der Waals surface area contributed by atoms with Crippen molar-refractivity contribution in [3.8, 4) is 0 Å². The molecule has 0 aromatic heterocycles. The quantitative estimate of drug-likeness (QED) is 0.638. The van der Waals surface area contributed by atoms with Crippen LogP contribution in [0, 0.1) is 0 Å². The van der Waals surface area contributed by atoms with E-state index in [1.54, 1.807) is 6.92 Å². The van der Waals surface area contributed by atoms with E-state index in [1.807, 2.05) is 6.55 Å². The Balaban J connectivity index is 3.13. The van der Waals surface area contributed by atoms with Crippen LogP contribution in [0.25, 0.3) is 0 Å². The minimum absolute atomic E-state index is 0.468. The highest BCUT2D eigenvalue weighted by Crippen LogP contribution is 2.41. The molecule has 1 aliphatic heterocycles. The minimum Gasteiger partial charge on any atom is -0.435 e. The van der Waals surface area contributed by atoms with Gasteiger partial charge in [-0.15, -0.1) is 0 Å². The number of aliphatic hydroxyl groups is 1. The van der Waals surface area contributed by atoms with E-state index in [2.05, 4.69) is 26.2 Å². The molecule has 0 saturated carbocycles. The van der Waals surface area contributed by atoms with Crippen molar-refractivity contribution in [3.05, 3.63) is 0 Å². The summed E-state index contributed by atoms with van der Waals surface area (Å²) in [6.45, 7) is 12.4. The summed E-state index contributed by atoms with van der Waals surface area (Å²) >= 11 is 0. The summed E-state index contributed by atoms with van der Waals surface area (Å²) in [4.78, 5) is 10.6. The summed E-state index contributed by atoms with van der Waals surface area (Å²) in [5.74, 6) is -1.09. The Morgan fingerprint density at radius 3 is 1.93 bits per heavy atom. The summed E-state index contributed by atoms with van der Waals surface area (Å²) in [6.07, 6.45) is 0. The maximum absolute atomic E-state index is 10.6. The second-order valence-corrected chi connectivity index (χ2v) is 31.1. The first-order valence-corrected chi connectivity index (χ1v) is 15.6. The Bertz CT molecular complexity index is 226. The van der Waals surface area contributed by atoms with Gasteiger partial charge in [-0.3, -0.25) is 0 Å². The second kappa shape index (κ2) is 3.02. The highest BCUT2D eigenvalue weighted by Gasteiger charge is 2.63. The molecule has 3 nitrogen and oxygen atoms in total. The Labute approximate surface area is 89.0 Å². The lowest BCUT2D eigenvalue weighted by molar-refractivity contribution is -0.113. The van der Waals surface area contributed by atoms with Crippen molar-refractivity contribution in [1.82, 2.24) is 0 Å². The van der Waals surface area contributed by atoms with Crippen LogP contribution in [0.15, 0.2) is 0 Å². The molecule has 0 aromatic rings. The Morgan fingerprint density at radius 2 is 1.57 bits per heavy atom. The monoisotopic (exact) mass is 250 g/mol. The van der Waals surface area contributed by atoms with Gasteiger partial charge in [0.15, 0.2) is 21.5 Å². The van der Waals surface area contributed by atoms with E-state index < -0.39 is 28.6 Å². The summed E-state index contributed by atoms with van der Waals surface area (Å²) in [5, 5.41) is 9.99. The van der Waals surface area contributed by atoms with Crippen LogP contribution >= 0.6 is 0 Å². The van der Waals surface area contributed by atoms with Gasteiger partial charge in [-0.25, -0.2) is 0 Å². The van der Waals surface area contributed by atoms with E-state index in [0.29, 0.717) is 6.04 Å². The SMILES string of the molecule is CC1(O)C[Si](C)(O)[Si](C)(C)[Si](C)(C)O1. The largest absolute Gasteiger partial charge is 0.435 e. The molecule has 0 aromatic carbocycles. The third-order valence-corrected chi connectivity index (χ3v) is 40.2. The number of hydrogen-bond acceptors (Lipinski definition) is 3. The van der Waals surface area contributed by atoms with Crippen LogP contribution in [0.5, 0.6) is 0 Å². The standard InChI is InChI=1S/C8H22O3Si3/c1-8(9)7-14(6,10)13(4,5)12(2,3)11-8/h9-10H,7H2,1-6H3. The van der Waals surface area contributed by atoms with Gasteiger partial charge in [0, 0.05) is 6.04 Å². The Kier molecular flexibility index (Phi) is 2.72. The average Bonchev–Trinajstić information content (AvgIpc) is 1.77. The zero-order chi connectivity index (χ0) is 11.4. The summed E-state index contributed by atoms with van der Waals surface area (Å²) < 4.78 is 5.84. The lowest BCUT2D eigenvalue weighted by Crippen LogP contribution is -2.79. The van der Waals surface area contributed by atoms with Crippen molar-refractivity contribution < 1.29 is 14.3 Å². The van der Waals surface area contributed by atoms with Gasteiger partial charge >= 0.3 is 0 Å². The van der Waals surface area contributed by atoms with E-state index in [0.717, 1.165) is 0 Å². The fourth-order valence-electron chi connectivity index (χ4n) is 2.22. The van der Waals surface area contributed by atoms with E-state index in [-0.39, 0.29) is 0 Å². The van der Waals surface area contributed by atoms with Gasteiger partial charge < -0.3 is 14.3 Å². The van der Waals surface area contributed by atoms with Crippen LogP contribution < -0.4 is 0 Å². The molecule has 1 rings (SSSR count). The maximum atomic E-state index is 10.6. The summed E-state index contributed by atoms with van der Waals surface area (Å²) in [7, 11) is -5.84. The molecular formula is C8H22O3Si3. The first-order valence-electron chi connectivity index (χ1n) is 5.06. The first kappa shape index (κ1) is 12.6. The molecule has 0 spiro atoms. The van der Waals surface area contributed by atoms with Crippen molar-refractivity contribution in [2.24, 2.45) is 0 Å². The van der Waals surface area contributed by atoms with E-state index in [1.165, 1.54) is 0 Å². The molecule has 1 fully saturated rings. The molecule has 1 saturated heterocycles. The van der Waals surface area contributed by atoms with Crippen molar-refractivity contribution in [3.63, 3.8) is 0 Å². The van der Waals surface area contributed by atoms with E-state index in [4.69, 9.17) is 4.43 Å². The molecule has 14 heavy (non-hydrogen) atoms. The topological polar surface area (TPSA) is 49.7 Å². The molecule has 0 aliphatic carbocycles. The molecule has 2 atom stereocenters. The molecular weight excluding hydrogens is 228 g/mol. The molecule has 1 aliphatic rings. The fourth-order valence-corrected chi connectivity index (χ4v) is 27.4. The van der Waals surface area contributed by atoms with Crippen LogP contribution in [0.4, 0.5) is 0 Å². The van der Waals surface area contributed by atoms with Gasteiger partial charge in [0.2, 0.25) is 0 Å². The van der Waals surface area contributed by atoms with Crippen molar-refractivity contribution >= 4 is 22.8 Å². The van der Waals surface area contributed by atoms with Crippen LogP contribution in [0.3, 0.4) is 0 Å². The van der Waals surface area contributed by atoms with Crippen molar-refractivity contribution in [1.29, 1.82) is 0 Å². The highest BCUT2D eigenvalue weighted by molar-refractivity contribution is 7.66. The Hall–Kier alpha value is 0.531. The third kappa shape index (κ3) is 1.79. The molecule has 6 heteroatoms. The summed E-state index contributed by atoms with van der Waals surface area (Å²) in [6, 6.07) is 0.468. The van der Waals surface area contributed by atoms with Crippen molar-refractivity contribution in [2.45, 2.75) is 51.5 Å². The third-order valence-electron chi connectivity index (χ3n) is 4.00. The predicted octanol–water partition coefficient (Wildman–Crippen LogP) is 1.36. The van der Waals surface area contributed by atoms with Crippen LogP contribution in [0.2, 0.25) is 38.8 Å². The average molecular weight is 251 g/mol. The van der Waals surface area contributed by atoms with Gasteiger partial charge in [0.25, 0.3) is 0 Å². The zero-order valence-electron chi connectivity index (χ0n) is 10.0. The van der Waals surface area contributed by atoms with Crippen LogP contribution in [0.1, 0.15) is 6.92 Å². The van der Waals surface area contributed by atoms with Crippen molar-refractivity contribution in [2.75, 3.05) is 0 Å². The lowest BCUT2D eigenvalue weighted by atomic mass is 10.4. The molecule has 1 heterocycles. The predicted molar refractivity (Wildman–Crippen MR) is 65.3 cm³/mol. The van der Waals surface area contributed by atoms with Crippen LogP contribution in [-0.2, 0) is 4.43 Å². The van der Waals surface area contributed by atoms with E-state index in [9.17, 15) is 9.90 Å². The van der Waals surface area contributed by atoms with Gasteiger partial charge in [-0.05, 0) is 26.6 Å². The molecule has 0 amide bonds. The van der Waals surface area contributed by atoms with Gasteiger partial charge in [-0.1, -0.05) is 13.1 Å². The Morgan fingerprint density at radius 1 is 1.14 bits per heavy atom. The van der Waals surface area contributed by atoms with Gasteiger partial charge in [0.1, 0.15) is 0 Å². The first-order chi connectivity index (χ1) is 5.91. The zero-order valence-corrected chi connectivity index (χ0v) is 13.0. The second-order valence-electron chi connectivity index (χ2n) is 5.86. The van der Waals surface area contributed by atoms with Gasteiger partial charge in [-0.2, -0.15) is 0 Å². The maximum Gasteiger partial charge on any atom is 0.177 e. The molecule has 84 valence electrons. The smallest absolute Gasteiger partial charge is 0.177 e. The lowest BCUT2D eigenvalue weighted by Gasteiger charge is -2.54. The summed E-state index contributed by atoms with van der Waals surface area (Å²) in [5.41, 5.74) is 0. The molecule has 2 unspecified atom stereocenters. The molecule has 0 radical (unpaired) electrons. The van der Waals surface area contributed by atoms with Crippen LogP contribution in [-0.4, -0.2) is 38.5 Å². The normalized spacial score (nSPS) is 46.3. The minimum atomic E-state index is -2.26. The van der Waals surface area contributed by atoms with E-state index >= 15 is 0 Å². The molecule has 0 bridgehead atoms. The molecule has 2 N–H and O–H groups in total. The van der Waals surface area contributed by atoms with Gasteiger partial charge in [0.05, 0.1) is 7.11 Å². The fraction of sp³-hybridized carbons (Fsp3) is 1.00. The number of hydrogen-bond donors (Lipinski definition) is 2. The number of rotatable bonds is 0. The highest BCUT2D eigenvalue weighted by atomic mass is 29.7.